The monoisotopic (exact) mass is 365 g/mol. The van der Waals surface area contributed by atoms with Gasteiger partial charge in [-0.1, -0.05) is 25.0 Å². The highest BCUT2D eigenvalue weighted by atomic mass is 35.5. The van der Waals surface area contributed by atoms with Gasteiger partial charge in [0.05, 0.1) is 0 Å². The predicted octanol–water partition coefficient (Wildman–Crippen LogP) is 2.35. The fourth-order valence-electron chi connectivity index (χ4n) is 3.52. The molecule has 1 aromatic carbocycles. The van der Waals surface area contributed by atoms with Gasteiger partial charge in [-0.3, -0.25) is 9.59 Å². The highest BCUT2D eigenvalue weighted by Gasteiger charge is 2.22. The van der Waals surface area contributed by atoms with Crippen molar-refractivity contribution in [2.24, 2.45) is 5.92 Å². The van der Waals surface area contributed by atoms with E-state index in [2.05, 4.69) is 10.6 Å². The summed E-state index contributed by atoms with van der Waals surface area (Å²) in [7, 11) is 0. The van der Waals surface area contributed by atoms with Crippen molar-refractivity contribution in [3.05, 3.63) is 35.4 Å². The van der Waals surface area contributed by atoms with Gasteiger partial charge < -0.3 is 15.5 Å². The van der Waals surface area contributed by atoms with E-state index in [9.17, 15) is 9.59 Å². The summed E-state index contributed by atoms with van der Waals surface area (Å²) in [5, 5.41) is 6.33. The molecule has 25 heavy (non-hydrogen) atoms. The lowest BCUT2D eigenvalue weighted by atomic mass is 10.1. The van der Waals surface area contributed by atoms with Gasteiger partial charge in [0.15, 0.2) is 0 Å². The number of hydrogen-bond donors (Lipinski definition) is 2. The van der Waals surface area contributed by atoms with Gasteiger partial charge in [0.1, 0.15) is 0 Å². The molecular formula is C19H28ClN3O2. The van der Waals surface area contributed by atoms with E-state index in [0.29, 0.717) is 6.54 Å². The van der Waals surface area contributed by atoms with Crippen LogP contribution in [0.3, 0.4) is 0 Å². The van der Waals surface area contributed by atoms with Crippen molar-refractivity contribution in [3.63, 3.8) is 0 Å². The summed E-state index contributed by atoms with van der Waals surface area (Å²) in [5.41, 5.74) is 1.76. The summed E-state index contributed by atoms with van der Waals surface area (Å²) < 4.78 is 0. The molecule has 0 spiro atoms. The minimum Gasteiger partial charge on any atom is -0.352 e. The van der Waals surface area contributed by atoms with Crippen molar-refractivity contribution in [1.82, 2.24) is 15.5 Å². The van der Waals surface area contributed by atoms with Gasteiger partial charge in [-0.05, 0) is 43.5 Å². The predicted molar refractivity (Wildman–Crippen MR) is 101 cm³/mol. The lowest BCUT2D eigenvalue weighted by Crippen LogP contribution is -2.34. The molecule has 1 saturated carbocycles. The number of nitrogens with zero attached hydrogens (tertiary/aromatic N) is 1. The molecule has 0 atom stereocenters. The minimum absolute atomic E-state index is 0. The van der Waals surface area contributed by atoms with E-state index in [1.165, 1.54) is 12.8 Å². The van der Waals surface area contributed by atoms with Crippen LogP contribution in [0, 0.1) is 5.92 Å². The molecule has 0 aromatic heterocycles. The molecule has 0 radical (unpaired) electrons. The van der Waals surface area contributed by atoms with Gasteiger partial charge in [0.25, 0.3) is 5.91 Å². The summed E-state index contributed by atoms with van der Waals surface area (Å²) in [6.45, 7) is 3.95. The average molecular weight is 366 g/mol. The fourth-order valence-corrected chi connectivity index (χ4v) is 3.52. The average Bonchev–Trinajstić information content (AvgIpc) is 3.02. The second-order valence-electron chi connectivity index (χ2n) is 6.79. The Bertz CT molecular complexity index is 563. The Morgan fingerprint density at radius 2 is 1.76 bits per heavy atom. The number of rotatable bonds is 4. The Morgan fingerprint density at radius 3 is 2.48 bits per heavy atom. The third kappa shape index (κ3) is 5.44. The number of benzene rings is 1. The van der Waals surface area contributed by atoms with Crippen LogP contribution in [0.25, 0.3) is 0 Å². The van der Waals surface area contributed by atoms with Gasteiger partial charge >= 0.3 is 0 Å². The largest absolute Gasteiger partial charge is 0.352 e. The van der Waals surface area contributed by atoms with E-state index in [1.54, 1.807) is 0 Å². The zero-order valence-corrected chi connectivity index (χ0v) is 15.4. The molecule has 1 aromatic rings. The van der Waals surface area contributed by atoms with Crippen LogP contribution in [-0.4, -0.2) is 42.9 Å². The molecule has 1 aliphatic heterocycles. The Labute approximate surface area is 155 Å². The number of carbonyl (C=O) groups excluding carboxylic acids is 2. The zero-order chi connectivity index (χ0) is 16.8. The molecule has 2 aliphatic rings. The van der Waals surface area contributed by atoms with Crippen LogP contribution in [0.1, 0.15) is 48.0 Å². The second kappa shape index (κ2) is 9.78. The van der Waals surface area contributed by atoms with Gasteiger partial charge in [-0.15, -0.1) is 12.4 Å². The molecule has 2 N–H and O–H groups in total. The van der Waals surface area contributed by atoms with Gasteiger partial charge in [0, 0.05) is 37.7 Å². The molecule has 0 unspecified atom stereocenters. The van der Waals surface area contributed by atoms with Crippen molar-refractivity contribution in [2.45, 2.75) is 38.6 Å². The number of carbonyl (C=O) groups is 2. The van der Waals surface area contributed by atoms with Gasteiger partial charge in [0.2, 0.25) is 5.91 Å². The molecule has 0 bridgehead atoms. The van der Waals surface area contributed by atoms with Crippen LogP contribution >= 0.6 is 12.4 Å². The number of nitrogens with one attached hydrogen (secondary N) is 2. The van der Waals surface area contributed by atoms with Crippen molar-refractivity contribution >= 4 is 24.2 Å². The maximum atomic E-state index is 12.5. The first-order valence-corrected chi connectivity index (χ1v) is 9.11. The second-order valence-corrected chi connectivity index (χ2v) is 6.79. The molecule has 3 rings (SSSR count). The Balaban J connectivity index is 0.00000225. The van der Waals surface area contributed by atoms with Gasteiger partial charge in [-0.25, -0.2) is 0 Å². The van der Waals surface area contributed by atoms with Gasteiger partial charge in [-0.2, -0.15) is 0 Å². The highest BCUT2D eigenvalue weighted by molar-refractivity contribution is 5.94. The third-order valence-electron chi connectivity index (χ3n) is 5.02. The quantitative estimate of drug-likeness (QED) is 0.861. The Hall–Kier alpha value is -1.59. The molecule has 2 fully saturated rings. The van der Waals surface area contributed by atoms with Crippen molar-refractivity contribution in [2.75, 3.05) is 26.2 Å². The maximum Gasteiger partial charge on any atom is 0.253 e. The molecule has 1 heterocycles. The van der Waals surface area contributed by atoms with E-state index in [0.717, 1.165) is 56.6 Å². The van der Waals surface area contributed by atoms with Crippen LogP contribution in [0.15, 0.2) is 24.3 Å². The first-order valence-electron chi connectivity index (χ1n) is 9.11. The minimum atomic E-state index is 0. The summed E-state index contributed by atoms with van der Waals surface area (Å²) in [6.07, 6.45) is 5.37. The van der Waals surface area contributed by atoms with Crippen LogP contribution in [0.4, 0.5) is 0 Å². The summed E-state index contributed by atoms with van der Waals surface area (Å²) in [6, 6.07) is 7.63. The zero-order valence-electron chi connectivity index (χ0n) is 14.6. The summed E-state index contributed by atoms with van der Waals surface area (Å²) in [5.74, 6) is 0.465. The van der Waals surface area contributed by atoms with E-state index in [1.807, 2.05) is 29.2 Å². The number of hydrogen-bond acceptors (Lipinski definition) is 3. The molecule has 6 heteroatoms. The van der Waals surface area contributed by atoms with Crippen LogP contribution in [0.2, 0.25) is 0 Å². The van der Waals surface area contributed by atoms with E-state index in [4.69, 9.17) is 0 Å². The molecule has 2 amide bonds. The molecule has 1 aliphatic carbocycles. The summed E-state index contributed by atoms with van der Waals surface area (Å²) >= 11 is 0. The number of halogens is 1. The smallest absolute Gasteiger partial charge is 0.253 e. The summed E-state index contributed by atoms with van der Waals surface area (Å²) in [4.78, 5) is 26.5. The maximum absolute atomic E-state index is 12.5. The first kappa shape index (κ1) is 19.7. The third-order valence-corrected chi connectivity index (χ3v) is 5.02. The lowest BCUT2D eigenvalue weighted by molar-refractivity contribution is -0.124. The molecule has 138 valence electrons. The van der Waals surface area contributed by atoms with Crippen molar-refractivity contribution < 1.29 is 9.59 Å². The van der Waals surface area contributed by atoms with E-state index < -0.39 is 0 Å². The topological polar surface area (TPSA) is 61.4 Å². The molecule has 1 saturated heterocycles. The van der Waals surface area contributed by atoms with Crippen molar-refractivity contribution in [3.8, 4) is 0 Å². The van der Waals surface area contributed by atoms with Crippen LogP contribution in [0.5, 0.6) is 0 Å². The van der Waals surface area contributed by atoms with Crippen LogP contribution in [-0.2, 0) is 11.3 Å². The SMILES string of the molecule is Cl.O=C(NCc1ccc(C(=O)N2CCCNCC2)cc1)C1CCCC1. The standard InChI is InChI=1S/C19H27N3O2.ClH/c23-18(16-4-1-2-5-16)21-14-15-6-8-17(9-7-15)19(24)22-12-3-10-20-11-13-22;/h6-9,16,20H,1-5,10-14H2,(H,21,23);1H. The number of amides is 2. The highest BCUT2D eigenvalue weighted by Crippen LogP contribution is 2.24. The normalized spacial score (nSPS) is 18.3. The molecule has 5 nitrogen and oxygen atoms in total. The van der Waals surface area contributed by atoms with Crippen LogP contribution < -0.4 is 10.6 Å². The fraction of sp³-hybridized carbons (Fsp3) is 0.579. The Morgan fingerprint density at radius 1 is 1.04 bits per heavy atom. The van der Waals surface area contributed by atoms with E-state index >= 15 is 0 Å². The van der Waals surface area contributed by atoms with E-state index in [-0.39, 0.29) is 30.1 Å². The Kier molecular flexibility index (Phi) is 7.72. The molecular weight excluding hydrogens is 338 g/mol. The first-order chi connectivity index (χ1) is 11.7. The van der Waals surface area contributed by atoms with Crippen molar-refractivity contribution in [1.29, 1.82) is 0 Å². The lowest BCUT2D eigenvalue weighted by Gasteiger charge is -2.20.